The van der Waals surface area contributed by atoms with Gasteiger partial charge in [-0.15, -0.1) is 22.9 Å². The third-order valence-electron chi connectivity index (χ3n) is 2.43. The molecule has 1 aromatic carbocycles. The average Bonchev–Trinajstić information content (AvgIpc) is 2.85. The maximum absolute atomic E-state index is 5.67. The van der Waals surface area contributed by atoms with Gasteiger partial charge < -0.3 is 4.74 Å². The molecule has 2 aromatic rings. The van der Waals surface area contributed by atoms with Crippen LogP contribution in [0.5, 0.6) is 5.75 Å². The Labute approximate surface area is 110 Å². The van der Waals surface area contributed by atoms with Gasteiger partial charge >= 0.3 is 0 Å². The summed E-state index contributed by atoms with van der Waals surface area (Å²) in [5.41, 5.74) is 2.22. The van der Waals surface area contributed by atoms with Crippen LogP contribution >= 0.6 is 22.9 Å². The standard InChI is InChI=1S/C13H14ClNOS/c1-16-12-6-2-4-10(8-12)13-15-11(9-17-13)5-3-7-14/h2,4,6,8-9H,3,5,7H2,1H3. The Morgan fingerprint density at radius 1 is 1.41 bits per heavy atom. The normalized spacial score (nSPS) is 10.5. The van der Waals surface area contributed by atoms with E-state index in [1.54, 1.807) is 18.4 Å². The summed E-state index contributed by atoms with van der Waals surface area (Å²) in [5.74, 6) is 1.55. The van der Waals surface area contributed by atoms with Gasteiger partial charge in [-0.1, -0.05) is 12.1 Å². The van der Waals surface area contributed by atoms with Gasteiger partial charge in [0.2, 0.25) is 0 Å². The molecule has 0 N–H and O–H groups in total. The minimum atomic E-state index is 0.687. The lowest BCUT2D eigenvalue weighted by atomic mass is 10.2. The number of nitrogens with zero attached hydrogens (tertiary/aromatic N) is 1. The lowest BCUT2D eigenvalue weighted by Crippen LogP contribution is -1.87. The summed E-state index contributed by atoms with van der Waals surface area (Å²) in [5, 5.41) is 3.13. The summed E-state index contributed by atoms with van der Waals surface area (Å²) < 4.78 is 5.21. The molecule has 90 valence electrons. The predicted octanol–water partition coefficient (Wildman–Crippen LogP) is 3.99. The van der Waals surface area contributed by atoms with Gasteiger partial charge in [0.05, 0.1) is 12.8 Å². The zero-order chi connectivity index (χ0) is 12.1. The first kappa shape index (κ1) is 12.4. The van der Waals surface area contributed by atoms with E-state index in [0.29, 0.717) is 5.88 Å². The highest BCUT2D eigenvalue weighted by Crippen LogP contribution is 2.27. The van der Waals surface area contributed by atoms with Crippen LogP contribution in [0.1, 0.15) is 12.1 Å². The molecule has 1 heterocycles. The van der Waals surface area contributed by atoms with Crippen LogP contribution in [0.4, 0.5) is 0 Å². The molecule has 0 aliphatic rings. The molecule has 0 radical (unpaired) electrons. The minimum absolute atomic E-state index is 0.687. The van der Waals surface area contributed by atoms with Crippen LogP contribution in [0.25, 0.3) is 10.6 Å². The molecule has 4 heteroatoms. The molecule has 2 nitrogen and oxygen atoms in total. The van der Waals surface area contributed by atoms with E-state index >= 15 is 0 Å². The van der Waals surface area contributed by atoms with Crippen LogP contribution in [-0.4, -0.2) is 18.0 Å². The molecule has 0 fully saturated rings. The SMILES string of the molecule is COc1cccc(-c2nc(CCCCl)cs2)c1. The van der Waals surface area contributed by atoms with Crippen molar-refractivity contribution >= 4 is 22.9 Å². The molecule has 0 bridgehead atoms. The summed E-state index contributed by atoms with van der Waals surface area (Å²) in [7, 11) is 1.67. The van der Waals surface area contributed by atoms with E-state index in [1.807, 2.05) is 24.3 Å². The Balaban J connectivity index is 2.18. The first-order chi connectivity index (χ1) is 8.33. The molecule has 0 saturated heterocycles. The Bertz CT molecular complexity index is 484. The first-order valence-electron chi connectivity index (χ1n) is 5.48. The molecule has 0 amide bonds. The third kappa shape index (κ3) is 3.20. The van der Waals surface area contributed by atoms with Crippen molar-refractivity contribution in [2.75, 3.05) is 13.0 Å². The number of hydrogen-bond donors (Lipinski definition) is 0. The van der Waals surface area contributed by atoms with E-state index < -0.39 is 0 Å². The molecule has 0 aliphatic carbocycles. The van der Waals surface area contributed by atoms with E-state index in [0.717, 1.165) is 34.9 Å². The smallest absolute Gasteiger partial charge is 0.123 e. The second kappa shape index (κ2) is 6.03. The van der Waals surface area contributed by atoms with E-state index in [2.05, 4.69) is 10.4 Å². The molecule has 0 spiro atoms. The molecule has 0 unspecified atom stereocenters. The second-order valence-corrected chi connectivity index (χ2v) is 4.90. The van der Waals surface area contributed by atoms with Gasteiger partial charge in [0, 0.05) is 16.8 Å². The Morgan fingerprint density at radius 2 is 2.29 bits per heavy atom. The number of aromatic nitrogens is 1. The van der Waals surface area contributed by atoms with Crippen LogP contribution < -0.4 is 4.74 Å². The Morgan fingerprint density at radius 3 is 3.06 bits per heavy atom. The van der Waals surface area contributed by atoms with E-state index in [4.69, 9.17) is 16.3 Å². The summed E-state index contributed by atoms with van der Waals surface area (Å²) in [6.45, 7) is 0. The van der Waals surface area contributed by atoms with Crippen LogP contribution in [0, 0.1) is 0 Å². The number of ether oxygens (including phenoxy) is 1. The topological polar surface area (TPSA) is 22.1 Å². The fourth-order valence-electron chi connectivity index (χ4n) is 1.56. The molecular weight excluding hydrogens is 254 g/mol. The fraction of sp³-hybridized carbons (Fsp3) is 0.308. The van der Waals surface area contributed by atoms with Crippen molar-refractivity contribution in [3.05, 3.63) is 35.3 Å². The molecule has 2 rings (SSSR count). The average molecular weight is 268 g/mol. The molecular formula is C13H14ClNOS. The van der Waals surface area contributed by atoms with Crippen molar-refractivity contribution in [1.82, 2.24) is 4.98 Å². The zero-order valence-corrected chi connectivity index (χ0v) is 11.2. The number of thiazole rings is 1. The lowest BCUT2D eigenvalue weighted by molar-refractivity contribution is 0.415. The molecule has 1 aromatic heterocycles. The molecule has 0 aliphatic heterocycles. The largest absolute Gasteiger partial charge is 0.497 e. The maximum atomic E-state index is 5.67. The van der Waals surface area contributed by atoms with Crippen LogP contribution in [0.15, 0.2) is 29.6 Å². The highest BCUT2D eigenvalue weighted by atomic mass is 35.5. The minimum Gasteiger partial charge on any atom is -0.497 e. The number of benzene rings is 1. The van der Waals surface area contributed by atoms with Crippen molar-refractivity contribution in [2.24, 2.45) is 0 Å². The number of methoxy groups -OCH3 is 1. The summed E-state index contributed by atoms with van der Waals surface area (Å²) >= 11 is 7.34. The van der Waals surface area contributed by atoms with Gasteiger partial charge in [0.25, 0.3) is 0 Å². The number of alkyl halides is 1. The Hall–Kier alpha value is -1.06. The number of aryl methyl sites for hydroxylation is 1. The van der Waals surface area contributed by atoms with Crippen molar-refractivity contribution in [3.63, 3.8) is 0 Å². The highest BCUT2D eigenvalue weighted by Gasteiger charge is 2.05. The monoisotopic (exact) mass is 267 g/mol. The van der Waals surface area contributed by atoms with Gasteiger partial charge in [-0.3, -0.25) is 0 Å². The quantitative estimate of drug-likeness (QED) is 0.764. The fourth-order valence-corrected chi connectivity index (χ4v) is 2.54. The van der Waals surface area contributed by atoms with Gasteiger partial charge in [0.1, 0.15) is 10.8 Å². The van der Waals surface area contributed by atoms with E-state index in [-0.39, 0.29) is 0 Å². The van der Waals surface area contributed by atoms with Crippen molar-refractivity contribution < 1.29 is 4.74 Å². The van der Waals surface area contributed by atoms with Crippen LogP contribution in [0.3, 0.4) is 0 Å². The molecule has 0 atom stereocenters. The zero-order valence-electron chi connectivity index (χ0n) is 9.65. The van der Waals surface area contributed by atoms with Crippen molar-refractivity contribution in [1.29, 1.82) is 0 Å². The third-order valence-corrected chi connectivity index (χ3v) is 3.64. The van der Waals surface area contributed by atoms with Crippen molar-refractivity contribution in [2.45, 2.75) is 12.8 Å². The summed E-state index contributed by atoms with van der Waals surface area (Å²) in [6, 6.07) is 7.97. The number of halogens is 1. The van der Waals surface area contributed by atoms with Gasteiger partial charge in [-0.2, -0.15) is 0 Å². The van der Waals surface area contributed by atoms with Crippen LogP contribution in [0.2, 0.25) is 0 Å². The maximum Gasteiger partial charge on any atom is 0.123 e. The predicted molar refractivity (Wildman–Crippen MR) is 73.1 cm³/mol. The molecule has 0 saturated carbocycles. The highest BCUT2D eigenvalue weighted by molar-refractivity contribution is 7.13. The summed E-state index contributed by atoms with van der Waals surface area (Å²) in [4.78, 5) is 4.60. The number of hydrogen-bond acceptors (Lipinski definition) is 3. The van der Waals surface area contributed by atoms with Gasteiger partial charge in [0.15, 0.2) is 0 Å². The first-order valence-corrected chi connectivity index (χ1v) is 6.89. The van der Waals surface area contributed by atoms with Gasteiger partial charge in [-0.25, -0.2) is 4.98 Å². The van der Waals surface area contributed by atoms with E-state index in [9.17, 15) is 0 Å². The lowest BCUT2D eigenvalue weighted by Gasteiger charge is -2.01. The van der Waals surface area contributed by atoms with Gasteiger partial charge in [-0.05, 0) is 25.0 Å². The summed E-state index contributed by atoms with van der Waals surface area (Å²) in [6.07, 6.45) is 1.92. The van der Waals surface area contributed by atoms with Crippen LogP contribution in [-0.2, 0) is 6.42 Å². The Kier molecular flexibility index (Phi) is 4.40. The van der Waals surface area contributed by atoms with Crippen molar-refractivity contribution in [3.8, 4) is 16.3 Å². The number of rotatable bonds is 5. The second-order valence-electron chi connectivity index (χ2n) is 3.67. The van der Waals surface area contributed by atoms with E-state index in [1.165, 1.54) is 0 Å². The molecule has 17 heavy (non-hydrogen) atoms.